The molecule has 1 N–H and O–H groups in total. The molecule has 11 heavy (non-hydrogen) atoms. The maximum absolute atomic E-state index is 8.86. The minimum Gasteiger partial charge on any atom is -0.392 e. The van der Waals surface area contributed by atoms with E-state index in [4.69, 9.17) is 13.0 Å². The molecule has 0 aliphatic heterocycles. The van der Waals surface area contributed by atoms with Crippen LogP contribution in [0, 0.1) is 0 Å². The molecule has 0 aliphatic rings. The summed E-state index contributed by atoms with van der Waals surface area (Å²) < 4.78 is 0. The Balaban J connectivity index is 3.02. The summed E-state index contributed by atoms with van der Waals surface area (Å²) in [4.78, 5) is 0. The van der Waals surface area contributed by atoms with Gasteiger partial charge in [-0.15, -0.1) is 0 Å². The minimum atomic E-state index is 0.0275. The number of hydrogen-bond acceptors (Lipinski definition) is 1. The molecule has 1 aromatic rings. The van der Waals surface area contributed by atoms with Crippen molar-refractivity contribution in [3.05, 3.63) is 29.3 Å². The van der Waals surface area contributed by atoms with Crippen molar-refractivity contribution in [2.75, 3.05) is 0 Å². The molecule has 0 saturated heterocycles. The number of aliphatic hydroxyl groups excluding tert-OH is 1. The summed E-state index contributed by atoms with van der Waals surface area (Å²) in [5, 5.41) is 8.86. The Morgan fingerprint density at radius 3 is 2.73 bits per heavy atom. The largest absolute Gasteiger partial charge is 0.392 e. The highest BCUT2D eigenvalue weighted by Crippen LogP contribution is 2.02. The van der Waals surface area contributed by atoms with E-state index in [9.17, 15) is 0 Å². The van der Waals surface area contributed by atoms with Gasteiger partial charge in [0.05, 0.1) is 6.61 Å². The van der Waals surface area contributed by atoms with Crippen LogP contribution >= 0.6 is 0 Å². The normalized spacial score (nSPS) is 10.0. The van der Waals surface area contributed by atoms with E-state index >= 15 is 0 Å². The van der Waals surface area contributed by atoms with Gasteiger partial charge in [0.15, 0.2) is 0 Å². The SMILES string of the molecule is [B]c1ccc(CC)cc1CO. The second-order valence-corrected chi connectivity index (χ2v) is 2.54. The molecule has 1 aromatic carbocycles. The van der Waals surface area contributed by atoms with Crippen LogP contribution in [-0.4, -0.2) is 13.0 Å². The average molecular weight is 146 g/mol. The first-order chi connectivity index (χ1) is 5.27. The highest BCUT2D eigenvalue weighted by molar-refractivity contribution is 6.33. The van der Waals surface area contributed by atoms with Gasteiger partial charge in [-0.2, -0.15) is 0 Å². The van der Waals surface area contributed by atoms with Crippen molar-refractivity contribution in [1.82, 2.24) is 0 Å². The van der Waals surface area contributed by atoms with Crippen molar-refractivity contribution in [1.29, 1.82) is 0 Å². The van der Waals surface area contributed by atoms with Crippen molar-refractivity contribution >= 4 is 13.3 Å². The Morgan fingerprint density at radius 1 is 1.45 bits per heavy atom. The molecule has 56 valence electrons. The van der Waals surface area contributed by atoms with Gasteiger partial charge in [0.25, 0.3) is 0 Å². The van der Waals surface area contributed by atoms with Gasteiger partial charge in [0.2, 0.25) is 0 Å². The molecule has 0 aliphatic carbocycles. The van der Waals surface area contributed by atoms with Crippen LogP contribution in [0.2, 0.25) is 0 Å². The van der Waals surface area contributed by atoms with Crippen molar-refractivity contribution in [3.63, 3.8) is 0 Å². The number of aliphatic hydroxyl groups is 1. The van der Waals surface area contributed by atoms with E-state index in [-0.39, 0.29) is 6.61 Å². The molecular formula is C9H11BO. The highest BCUT2D eigenvalue weighted by atomic mass is 16.3. The summed E-state index contributed by atoms with van der Waals surface area (Å²) in [7, 11) is 5.59. The fourth-order valence-electron chi connectivity index (χ4n) is 1.02. The summed E-state index contributed by atoms with van der Waals surface area (Å²) >= 11 is 0. The molecule has 0 atom stereocenters. The van der Waals surface area contributed by atoms with Crippen molar-refractivity contribution in [2.24, 2.45) is 0 Å². The fraction of sp³-hybridized carbons (Fsp3) is 0.333. The molecule has 0 amide bonds. The van der Waals surface area contributed by atoms with E-state index in [2.05, 4.69) is 6.92 Å². The van der Waals surface area contributed by atoms with Crippen LogP contribution < -0.4 is 5.46 Å². The van der Waals surface area contributed by atoms with Gasteiger partial charge in [0, 0.05) is 0 Å². The first-order valence-corrected chi connectivity index (χ1v) is 3.76. The monoisotopic (exact) mass is 146 g/mol. The van der Waals surface area contributed by atoms with E-state index in [1.165, 1.54) is 5.56 Å². The zero-order chi connectivity index (χ0) is 8.27. The molecule has 0 spiro atoms. The van der Waals surface area contributed by atoms with Gasteiger partial charge < -0.3 is 5.11 Å². The maximum atomic E-state index is 8.86. The summed E-state index contributed by atoms with van der Waals surface area (Å²) in [6.45, 7) is 2.10. The van der Waals surface area contributed by atoms with Gasteiger partial charge in [-0.3, -0.25) is 0 Å². The van der Waals surface area contributed by atoms with Crippen LogP contribution in [0.25, 0.3) is 0 Å². The number of rotatable bonds is 2. The summed E-state index contributed by atoms with van der Waals surface area (Å²) in [5.41, 5.74) is 2.71. The molecule has 0 heterocycles. The second-order valence-electron chi connectivity index (χ2n) is 2.54. The van der Waals surface area contributed by atoms with Gasteiger partial charge >= 0.3 is 0 Å². The summed E-state index contributed by atoms with van der Waals surface area (Å²) in [5.74, 6) is 0. The molecule has 0 saturated carbocycles. The van der Waals surface area contributed by atoms with Crippen molar-refractivity contribution in [3.8, 4) is 0 Å². The van der Waals surface area contributed by atoms with E-state index < -0.39 is 0 Å². The molecule has 0 aromatic heterocycles. The Kier molecular flexibility index (Phi) is 2.72. The number of hydrogen-bond donors (Lipinski definition) is 1. The smallest absolute Gasteiger partial charge is 0.114 e. The van der Waals surface area contributed by atoms with Crippen LogP contribution in [0.1, 0.15) is 18.1 Å². The molecule has 2 heteroatoms. The Bertz CT molecular complexity index is 245. The lowest BCUT2D eigenvalue weighted by Crippen LogP contribution is -2.10. The van der Waals surface area contributed by atoms with Crippen LogP contribution in [0.15, 0.2) is 18.2 Å². The lowest BCUT2D eigenvalue weighted by molar-refractivity contribution is 0.283. The second kappa shape index (κ2) is 3.58. The van der Waals surface area contributed by atoms with Gasteiger partial charge in [-0.05, 0) is 17.5 Å². The lowest BCUT2D eigenvalue weighted by atomic mass is 9.89. The quantitative estimate of drug-likeness (QED) is 0.603. The van der Waals surface area contributed by atoms with Gasteiger partial charge in [-0.25, -0.2) is 0 Å². The van der Waals surface area contributed by atoms with Gasteiger partial charge in [-0.1, -0.05) is 30.6 Å². The van der Waals surface area contributed by atoms with Crippen molar-refractivity contribution in [2.45, 2.75) is 20.0 Å². The summed E-state index contributed by atoms with van der Waals surface area (Å²) in [6.07, 6.45) is 0.979. The van der Waals surface area contributed by atoms with E-state index in [0.717, 1.165) is 12.0 Å². The van der Waals surface area contributed by atoms with E-state index in [1.54, 1.807) is 0 Å². The molecule has 0 unspecified atom stereocenters. The highest BCUT2D eigenvalue weighted by Gasteiger charge is 1.96. The first-order valence-electron chi connectivity index (χ1n) is 3.76. The third-order valence-electron chi connectivity index (χ3n) is 1.79. The predicted molar refractivity (Wildman–Crippen MR) is 47.1 cm³/mol. The molecule has 1 rings (SSSR count). The lowest BCUT2D eigenvalue weighted by Gasteiger charge is -2.04. The molecule has 1 nitrogen and oxygen atoms in total. The van der Waals surface area contributed by atoms with Crippen LogP contribution in [0.3, 0.4) is 0 Å². The third-order valence-corrected chi connectivity index (χ3v) is 1.79. The maximum Gasteiger partial charge on any atom is 0.114 e. The molecule has 0 bridgehead atoms. The average Bonchev–Trinajstić information content (AvgIpc) is 2.05. The molecular weight excluding hydrogens is 135 g/mol. The van der Waals surface area contributed by atoms with Crippen LogP contribution in [-0.2, 0) is 13.0 Å². The summed E-state index contributed by atoms with van der Waals surface area (Å²) in [6, 6.07) is 5.76. The zero-order valence-electron chi connectivity index (χ0n) is 6.67. The van der Waals surface area contributed by atoms with Crippen LogP contribution in [0.5, 0.6) is 0 Å². The fourth-order valence-corrected chi connectivity index (χ4v) is 1.02. The predicted octanol–water partition coefficient (Wildman–Crippen LogP) is 0.535. The zero-order valence-corrected chi connectivity index (χ0v) is 6.67. The van der Waals surface area contributed by atoms with Crippen LogP contribution in [0.4, 0.5) is 0 Å². The minimum absolute atomic E-state index is 0.0275. The molecule has 0 fully saturated rings. The Morgan fingerprint density at radius 2 is 2.18 bits per heavy atom. The Hall–Kier alpha value is -0.755. The number of aryl methyl sites for hydroxylation is 1. The van der Waals surface area contributed by atoms with Gasteiger partial charge in [0.1, 0.15) is 7.85 Å². The molecule has 2 radical (unpaired) electrons. The number of benzene rings is 1. The standard InChI is InChI=1S/C9H11BO/c1-2-7-3-4-9(10)8(5-7)6-11/h3-5,11H,2,6H2,1H3. The third kappa shape index (κ3) is 1.84. The van der Waals surface area contributed by atoms with E-state index in [0.29, 0.717) is 5.46 Å². The topological polar surface area (TPSA) is 20.2 Å². The van der Waals surface area contributed by atoms with Crippen molar-refractivity contribution < 1.29 is 5.11 Å². The van der Waals surface area contributed by atoms with E-state index in [1.807, 2.05) is 18.2 Å². The Labute approximate surface area is 68.5 Å². The first kappa shape index (κ1) is 8.34.